The maximum atomic E-state index is 8.37. The van der Waals surface area contributed by atoms with Gasteiger partial charge in [-0.2, -0.15) is 0 Å². The summed E-state index contributed by atoms with van der Waals surface area (Å²) in [5, 5.41) is 18.5. The third-order valence-corrected chi connectivity index (χ3v) is 1.74. The van der Waals surface area contributed by atoms with Gasteiger partial charge in [0, 0.05) is 5.56 Å². The van der Waals surface area contributed by atoms with Gasteiger partial charge in [0.2, 0.25) is 0 Å². The first-order chi connectivity index (χ1) is 6.92. The quantitative estimate of drug-likeness (QED) is 0.442. The zero-order valence-electron chi connectivity index (χ0n) is 7.16. The molecule has 5 heteroatoms. The molecule has 0 aliphatic rings. The van der Waals surface area contributed by atoms with Gasteiger partial charge in [0.05, 0.1) is 6.21 Å². The summed E-state index contributed by atoms with van der Waals surface area (Å²) < 4.78 is 4.55. The summed E-state index contributed by atoms with van der Waals surface area (Å²) in [6.07, 6.45) is 1.18. The fraction of sp³-hybridized carbons (Fsp3) is 0. The molecule has 0 fully saturated rings. The van der Waals surface area contributed by atoms with Gasteiger partial charge in [0.1, 0.15) is 5.69 Å². The number of benzene rings is 1. The molecule has 14 heavy (non-hydrogen) atoms. The monoisotopic (exact) mass is 189 g/mol. The molecule has 0 atom stereocenters. The smallest absolute Gasteiger partial charge is 0.157 e. The van der Waals surface area contributed by atoms with Crippen molar-refractivity contribution in [2.45, 2.75) is 0 Å². The van der Waals surface area contributed by atoms with E-state index in [1.165, 1.54) is 6.21 Å². The highest BCUT2D eigenvalue weighted by molar-refractivity contribution is 5.85. The summed E-state index contributed by atoms with van der Waals surface area (Å²) in [5.74, 6) is 0. The molecule has 5 nitrogen and oxygen atoms in total. The molecule has 0 bridgehead atoms. The van der Waals surface area contributed by atoms with Crippen LogP contribution in [-0.2, 0) is 0 Å². The third kappa shape index (κ3) is 1.47. The van der Waals surface area contributed by atoms with Crippen molar-refractivity contribution < 1.29 is 9.84 Å². The van der Waals surface area contributed by atoms with Crippen molar-refractivity contribution >= 4 is 6.21 Å². The third-order valence-electron chi connectivity index (χ3n) is 1.74. The van der Waals surface area contributed by atoms with Crippen molar-refractivity contribution in [1.29, 1.82) is 0 Å². The van der Waals surface area contributed by atoms with Gasteiger partial charge in [0.15, 0.2) is 5.69 Å². The number of nitrogens with zero attached hydrogens (tertiary/aromatic N) is 3. The average Bonchev–Trinajstić information content (AvgIpc) is 2.68. The molecular weight excluding hydrogens is 182 g/mol. The van der Waals surface area contributed by atoms with E-state index in [9.17, 15) is 0 Å². The van der Waals surface area contributed by atoms with E-state index >= 15 is 0 Å². The highest BCUT2D eigenvalue weighted by Gasteiger charge is 2.09. The molecule has 1 aromatic carbocycles. The van der Waals surface area contributed by atoms with Gasteiger partial charge >= 0.3 is 0 Å². The van der Waals surface area contributed by atoms with Gasteiger partial charge in [-0.3, -0.25) is 0 Å². The molecule has 1 N–H and O–H groups in total. The van der Waals surface area contributed by atoms with Crippen LogP contribution in [0.2, 0.25) is 0 Å². The number of hydrogen-bond acceptors (Lipinski definition) is 5. The van der Waals surface area contributed by atoms with E-state index in [0.29, 0.717) is 11.4 Å². The molecule has 2 rings (SSSR count). The number of hydrogen-bond donors (Lipinski definition) is 1. The Hall–Kier alpha value is -2.17. The summed E-state index contributed by atoms with van der Waals surface area (Å²) in [6.45, 7) is 0. The van der Waals surface area contributed by atoms with E-state index in [0.717, 1.165) is 5.56 Å². The second-order valence-corrected chi connectivity index (χ2v) is 2.61. The number of aromatic nitrogens is 2. The van der Waals surface area contributed by atoms with Gasteiger partial charge in [-0.05, 0) is 10.3 Å². The van der Waals surface area contributed by atoms with Crippen molar-refractivity contribution in [2.24, 2.45) is 5.16 Å². The van der Waals surface area contributed by atoms with Crippen LogP contribution in [-0.4, -0.2) is 21.7 Å². The van der Waals surface area contributed by atoms with Crippen LogP contribution in [0.5, 0.6) is 0 Å². The molecule has 0 saturated heterocycles. The zero-order chi connectivity index (χ0) is 9.80. The van der Waals surface area contributed by atoms with E-state index in [-0.39, 0.29) is 0 Å². The topological polar surface area (TPSA) is 71.5 Å². The second-order valence-electron chi connectivity index (χ2n) is 2.61. The zero-order valence-corrected chi connectivity index (χ0v) is 7.16. The van der Waals surface area contributed by atoms with Crippen LogP contribution in [0.25, 0.3) is 11.3 Å². The van der Waals surface area contributed by atoms with E-state index in [1.807, 2.05) is 30.3 Å². The van der Waals surface area contributed by atoms with Crippen molar-refractivity contribution in [2.75, 3.05) is 0 Å². The first kappa shape index (κ1) is 8.43. The van der Waals surface area contributed by atoms with E-state index in [2.05, 4.69) is 20.1 Å². The molecule has 0 aliphatic heterocycles. The second kappa shape index (κ2) is 3.69. The number of rotatable bonds is 2. The minimum Gasteiger partial charge on any atom is -0.411 e. The van der Waals surface area contributed by atoms with Gasteiger partial charge in [-0.15, -0.1) is 0 Å². The van der Waals surface area contributed by atoms with E-state index < -0.39 is 0 Å². The van der Waals surface area contributed by atoms with Crippen molar-refractivity contribution in [3.8, 4) is 11.3 Å². The molecule has 1 heterocycles. The van der Waals surface area contributed by atoms with Crippen LogP contribution in [0.4, 0.5) is 0 Å². The standard InChI is InChI=1S/C9H7N3O2/c13-10-6-8-9(12-14-11-8)7-4-2-1-3-5-7/h1-6,13H. The molecule has 70 valence electrons. The summed E-state index contributed by atoms with van der Waals surface area (Å²) >= 11 is 0. The Bertz CT molecular complexity index is 436. The molecule has 1 aromatic heterocycles. The Kier molecular flexibility index (Phi) is 2.22. The van der Waals surface area contributed by atoms with Gasteiger partial charge in [0.25, 0.3) is 0 Å². The van der Waals surface area contributed by atoms with Crippen LogP contribution in [0.1, 0.15) is 5.69 Å². The van der Waals surface area contributed by atoms with Gasteiger partial charge < -0.3 is 5.21 Å². The molecule has 0 unspecified atom stereocenters. The lowest BCUT2D eigenvalue weighted by Crippen LogP contribution is -1.86. The van der Waals surface area contributed by atoms with Crippen molar-refractivity contribution in [3.63, 3.8) is 0 Å². The normalized spacial score (nSPS) is 10.9. The Balaban J connectivity index is 2.47. The molecule has 2 aromatic rings. The fourth-order valence-corrected chi connectivity index (χ4v) is 1.13. The molecular formula is C9H7N3O2. The van der Waals surface area contributed by atoms with Crippen LogP contribution in [0.3, 0.4) is 0 Å². The van der Waals surface area contributed by atoms with Crippen LogP contribution in [0.15, 0.2) is 40.1 Å². The number of oxime groups is 1. The van der Waals surface area contributed by atoms with Crippen LogP contribution < -0.4 is 0 Å². The molecule has 0 aliphatic carbocycles. The Morgan fingerprint density at radius 2 is 2.00 bits per heavy atom. The fourth-order valence-electron chi connectivity index (χ4n) is 1.13. The maximum absolute atomic E-state index is 8.37. The SMILES string of the molecule is ON=Cc1nonc1-c1ccccc1. The first-order valence-electron chi connectivity index (χ1n) is 3.97. The summed E-state index contributed by atoms with van der Waals surface area (Å²) in [7, 11) is 0. The minimum atomic E-state index is 0.402. The molecule has 0 radical (unpaired) electrons. The molecule has 0 spiro atoms. The lowest BCUT2D eigenvalue weighted by Gasteiger charge is -1.93. The predicted octanol–water partition coefficient (Wildman–Crippen LogP) is 1.54. The minimum absolute atomic E-state index is 0.402. The lowest BCUT2D eigenvalue weighted by molar-refractivity contribution is 0.305. The molecule has 0 amide bonds. The maximum Gasteiger partial charge on any atom is 0.157 e. The average molecular weight is 189 g/mol. The van der Waals surface area contributed by atoms with Crippen LogP contribution in [0, 0.1) is 0 Å². The van der Waals surface area contributed by atoms with Crippen molar-refractivity contribution in [1.82, 2.24) is 10.3 Å². The van der Waals surface area contributed by atoms with Crippen molar-refractivity contribution in [3.05, 3.63) is 36.0 Å². The largest absolute Gasteiger partial charge is 0.411 e. The predicted molar refractivity (Wildman–Crippen MR) is 49.1 cm³/mol. The summed E-state index contributed by atoms with van der Waals surface area (Å²) in [5.41, 5.74) is 1.82. The Labute approximate surface area is 79.6 Å². The van der Waals surface area contributed by atoms with E-state index in [1.54, 1.807) is 0 Å². The highest BCUT2D eigenvalue weighted by Crippen LogP contribution is 2.18. The Morgan fingerprint density at radius 1 is 1.21 bits per heavy atom. The van der Waals surface area contributed by atoms with Crippen LogP contribution >= 0.6 is 0 Å². The van der Waals surface area contributed by atoms with Gasteiger partial charge in [-0.1, -0.05) is 35.5 Å². The lowest BCUT2D eigenvalue weighted by atomic mass is 10.1. The van der Waals surface area contributed by atoms with E-state index in [4.69, 9.17) is 5.21 Å². The first-order valence-corrected chi connectivity index (χ1v) is 3.97. The van der Waals surface area contributed by atoms with Gasteiger partial charge in [-0.25, -0.2) is 4.63 Å². The summed E-state index contributed by atoms with van der Waals surface area (Å²) in [6, 6.07) is 9.40. The highest BCUT2D eigenvalue weighted by atomic mass is 16.6. The Morgan fingerprint density at radius 3 is 2.71 bits per heavy atom. The molecule has 0 saturated carbocycles. The summed E-state index contributed by atoms with van der Waals surface area (Å²) in [4.78, 5) is 0.